The van der Waals surface area contributed by atoms with Crippen LogP contribution in [0.25, 0.3) is 10.4 Å². The van der Waals surface area contributed by atoms with Gasteiger partial charge in [-0.25, -0.2) is 14.8 Å². The molecule has 1 aliphatic rings. The van der Waals surface area contributed by atoms with Crippen molar-refractivity contribution in [2.45, 2.75) is 12.8 Å². The molecule has 0 spiro atoms. The lowest BCUT2D eigenvalue weighted by molar-refractivity contribution is -0.122. The molecule has 3 amide bonds. The van der Waals surface area contributed by atoms with Crippen molar-refractivity contribution in [1.82, 2.24) is 9.97 Å². The zero-order chi connectivity index (χ0) is 20.9. The second kappa shape index (κ2) is 8.91. The van der Waals surface area contributed by atoms with Gasteiger partial charge in [-0.2, -0.15) is 0 Å². The van der Waals surface area contributed by atoms with Crippen LogP contribution in [0.2, 0.25) is 0 Å². The Bertz CT molecular complexity index is 1020. The average Bonchev–Trinajstić information content (AvgIpc) is 3.23. The molecule has 1 aromatic carbocycles. The summed E-state index contributed by atoms with van der Waals surface area (Å²) in [5.41, 5.74) is 7.06. The fourth-order valence-corrected chi connectivity index (χ4v) is 4.21. The maximum absolute atomic E-state index is 12.3. The third-order valence-corrected chi connectivity index (χ3v) is 5.90. The topological polar surface area (TPSA) is 113 Å². The number of carbonyl (C=O) groups excluding carboxylic acids is 2. The standard InChI is InChI=1S/C21H22N6O2S/c22-19(28)15-7-4-10-27(13-15)18-9-8-16(11-23-18)25-20(29)26-21-24-12-17(30-21)14-5-2-1-3-6-14/h1-3,5-6,8-9,11-12,15H,4,7,10,13H2,(H2,22,28)(H2,24,25,26,29). The summed E-state index contributed by atoms with van der Waals surface area (Å²) < 4.78 is 0. The Labute approximate surface area is 178 Å². The quantitative estimate of drug-likeness (QED) is 0.582. The van der Waals surface area contributed by atoms with Crippen molar-refractivity contribution < 1.29 is 9.59 Å². The van der Waals surface area contributed by atoms with Gasteiger partial charge in [0, 0.05) is 19.3 Å². The van der Waals surface area contributed by atoms with Crippen LogP contribution in [-0.2, 0) is 4.79 Å². The van der Waals surface area contributed by atoms with E-state index in [-0.39, 0.29) is 17.9 Å². The molecule has 1 saturated heterocycles. The zero-order valence-electron chi connectivity index (χ0n) is 16.2. The Balaban J connectivity index is 1.34. The first-order chi connectivity index (χ1) is 14.6. The fraction of sp³-hybridized carbons (Fsp3) is 0.238. The molecule has 4 N–H and O–H groups in total. The number of amides is 3. The number of thiazole rings is 1. The second-order valence-electron chi connectivity index (χ2n) is 7.07. The van der Waals surface area contributed by atoms with E-state index in [4.69, 9.17) is 5.73 Å². The SMILES string of the molecule is NC(=O)C1CCCN(c2ccc(NC(=O)Nc3ncc(-c4ccccc4)s3)cn2)C1. The highest BCUT2D eigenvalue weighted by molar-refractivity contribution is 7.19. The summed E-state index contributed by atoms with van der Waals surface area (Å²) in [5, 5.41) is 6.02. The van der Waals surface area contributed by atoms with E-state index in [1.165, 1.54) is 11.3 Å². The van der Waals surface area contributed by atoms with Crippen molar-refractivity contribution in [2.24, 2.45) is 11.7 Å². The van der Waals surface area contributed by atoms with Crippen molar-refractivity contribution in [3.05, 3.63) is 54.9 Å². The van der Waals surface area contributed by atoms with Crippen LogP contribution in [0.3, 0.4) is 0 Å². The summed E-state index contributed by atoms with van der Waals surface area (Å²) >= 11 is 1.41. The van der Waals surface area contributed by atoms with Gasteiger partial charge in [0.25, 0.3) is 0 Å². The molecule has 4 rings (SSSR count). The number of carbonyl (C=O) groups is 2. The van der Waals surface area contributed by atoms with Crippen LogP contribution >= 0.6 is 11.3 Å². The number of nitrogens with zero attached hydrogens (tertiary/aromatic N) is 3. The summed E-state index contributed by atoms with van der Waals surface area (Å²) in [6.07, 6.45) is 5.05. The maximum atomic E-state index is 12.3. The van der Waals surface area contributed by atoms with Gasteiger partial charge in [0.15, 0.2) is 5.13 Å². The third kappa shape index (κ3) is 4.74. The molecule has 1 aliphatic heterocycles. The van der Waals surface area contributed by atoms with E-state index in [0.29, 0.717) is 17.4 Å². The molecular formula is C21H22N6O2S. The number of nitrogens with two attached hydrogens (primary N) is 1. The molecule has 154 valence electrons. The number of urea groups is 1. The second-order valence-corrected chi connectivity index (χ2v) is 8.10. The van der Waals surface area contributed by atoms with Gasteiger partial charge in [-0.3, -0.25) is 10.1 Å². The van der Waals surface area contributed by atoms with E-state index in [1.54, 1.807) is 18.5 Å². The molecule has 0 bridgehead atoms. The predicted molar refractivity (Wildman–Crippen MR) is 119 cm³/mol. The van der Waals surface area contributed by atoms with Gasteiger partial charge in [-0.05, 0) is 30.5 Å². The van der Waals surface area contributed by atoms with Crippen molar-refractivity contribution in [2.75, 3.05) is 28.6 Å². The normalized spacial score (nSPS) is 16.1. The highest BCUT2D eigenvalue weighted by Gasteiger charge is 2.24. The molecule has 1 atom stereocenters. The smallest absolute Gasteiger partial charge is 0.325 e. The lowest BCUT2D eigenvalue weighted by atomic mass is 9.97. The van der Waals surface area contributed by atoms with Crippen LogP contribution in [0.4, 0.5) is 21.4 Å². The number of hydrogen-bond acceptors (Lipinski definition) is 6. The first kappa shape index (κ1) is 19.8. The van der Waals surface area contributed by atoms with Crippen LogP contribution in [0.5, 0.6) is 0 Å². The number of rotatable bonds is 5. The van der Waals surface area contributed by atoms with Gasteiger partial charge in [-0.15, -0.1) is 0 Å². The molecule has 0 radical (unpaired) electrons. The molecule has 8 nitrogen and oxygen atoms in total. The first-order valence-electron chi connectivity index (χ1n) is 9.68. The highest BCUT2D eigenvalue weighted by atomic mass is 32.1. The Hall–Kier alpha value is -3.46. The summed E-state index contributed by atoms with van der Waals surface area (Å²) in [6.45, 7) is 1.40. The summed E-state index contributed by atoms with van der Waals surface area (Å²) in [6, 6.07) is 13.1. The monoisotopic (exact) mass is 422 g/mol. The number of hydrogen-bond donors (Lipinski definition) is 3. The Morgan fingerprint density at radius 3 is 2.63 bits per heavy atom. The number of benzene rings is 1. The minimum atomic E-state index is -0.384. The number of pyridine rings is 1. The third-order valence-electron chi connectivity index (χ3n) is 4.94. The van der Waals surface area contributed by atoms with E-state index in [0.717, 1.165) is 35.6 Å². The largest absolute Gasteiger partial charge is 0.369 e. The van der Waals surface area contributed by atoms with E-state index in [9.17, 15) is 9.59 Å². The van der Waals surface area contributed by atoms with Gasteiger partial charge in [-0.1, -0.05) is 41.7 Å². The van der Waals surface area contributed by atoms with Gasteiger partial charge in [0.1, 0.15) is 5.82 Å². The van der Waals surface area contributed by atoms with E-state index in [1.807, 2.05) is 41.3 Å². The number of primary amides is 1. The summed E-state index contributed by atoms with van der Waals surface area (Å²) in [5.74, 6) is 0.342. The molecule has 30 heavy (non-hydrogen) atoms. The highest BCUT2D eigenvalue weighted by Crippen LogP contribution is 2.28. The van der Waals surface area contributed by atoms with Crippen LogP contribution in [0.1, 0.15) is 12.8 Å². The van der Waals surface area contributed by atoms with Gasteiger partial charge in [0.2, 0.25) is 5.91 Å². The van der Waals surface area contributed by atoms with Crippen LogP contribution in [0.15, 0.2) is 54.9 Å². The van der Waals surface area contributed by atoms with Gasteiger partial charge >= 0.3 is 6.03 Å². The van der Waals surface area contributed by atoms with Crippen molar-refractivity contribution >= 4 is 39.9 Å². The average molecular weight is 423 g/mol. The predicted octanol–water partition coefficient (Wildman–Crippen LogP) is 3.55. The molecule has 3 aromatic rings. The molecule has 9 heteroatoms. The van der Waals surface area contributed by atoms with Gasteiger partial charge < -0.3 is 16.0 Å². The zero-order valence-corrected chi connectivity index (χ0v) is 17.1. The molecule has 1 fully saturated rings. The number of aromatic nitrogens is 2. The van der Waals surface area contributed by atoms with Crippen LogP contribution in [0, 0.1) is 5.92 Å². The molecule has 2 aromatic heterocycles. The Morgan fingerprint density at radius 2 is 1.90 bits per heavy atom. The van der Waals surface area contributed by atoms with Crippen LogP contribution < -0.4 is 21.3 Å². The lowest BCUT2D eigenvalue weighted by Crippen LogP contribution is -2.41. The molecule has 0 saturated carbocycles. The lowest BCUT2D eigenvalue weighted by Gasteiger charge is -2.32. The number of piperidine rings is 1. The van der Waals surface area contributed by atoms with E-state index < -0.39 is 0 Å². The fourth-order valence-electron chi connectivity index (χ4n) is 3.39. The summed E-state index contributed by atoms with van der Waals surface area (Å²) in [4.78, 5) is 35.4. The number of nitrogens with one attached hydrogen (secondary N) is 2. The van der Waals surface area contributed by atoms with Crippen molar-refractivity contribution in [3.63, 3.8) is 0 Å². The minimum absolute atomic E-state index is 0.150. The Kier molecular flexibility index (Phi) is 5.89. The van der Waals surface area contributed by atoms with Crippen LogP contribution in [-0.4, -0.2) is 35.0 Å². The van der Waals surface area contributed by atoms with Crippen molar-refractivity contribution in [1.29, 1.82) is 0 Å². The summed E-state index contributed by atoms with van der Waals surface area (Å²) in [7, 11) is 0. The Morgan fingerprint density at radius 1 is 1.07 bits per heavy atom. The van der Waals surface area contributed by atoms with Crippen molar-refractivity contribution in [3.8, 4) is 10.4 Å². The molecular weight excluding hydrogens is 400 g/mol. The number of anilines is 3. The maximum Gasteiger partial charge on any atom is 0.325 e. The van der Waals surface area contributed by atoms with Gasteiger partial charge in [0.05, 0.1) is 22.7 Å². The molecule has 3 heterocycles. The first-order valence-corrected chi connectivity index (χ1v) is 10.5. The van der Waals surface area contributed by atoms with E-state index in [2.05, 4.69) is 20.6 Å². The molecule has 0 aliphatic carbocycles. The van der Waals surface area contributed by atoms with E-state index >= 15 is 0 Å². The molecule has 1 unspecified atom stereocenters. The minimum Gasteiger partial charge on any atom is -0.369 e.